The number of carbonyl (C=O) groups excluding carboxylic acids is 1. The van der Waals surface area contributed by atoms with E-state index in [9.17, 15) is 9.18 Å². The molecule has 0 saturated heterocycles. The van der Waals surface area contributed by atoms with E-state index in [-0.39, 0.29) is 17.2 Å². The fourth-order valence-corrected chi connectivity index (χ4v) is 2.48. The second kappa shape index (κ2) is 5.77. The van der Waals surface area contributed by atoms with Crippen LogP contribution in [0.25, 0.3) is 6.08 Å². The van der Waals surface area contributed by atoms with Gasteiger partial charge in [-0.3, -0.25) is 0 Å². The van der Waals surface area contributed by atoms with Crippen molar-refractivity contribution in [2.45, 2.75) is 0 Å². The van der Waals surface area contributed by atoms with E-state index in [1.165, 1.54) is 12.1 Å². The average Bonchev–Trinajstić information content (AvgIpc) is 2.80. The quantitative estimate of drug-likeness (QED) is 0.443. The molecule has 1 heterocycles. The van der Waals surface area contributed by atoms with Crippen molar-refractivity contribution in [3.63, 3.8) is 0 Å². The Hall–Kier alpha value is -2.02. The Morgan fingerprint density at radius 3 is 2.71 bits per heavy atom. The van der Waals surface area contributed by atoms with Crippen molar-refractivity contribution in [3.8, 4) is 0 Å². The van der Waals surface area contributed by atoms with Crippen molar-refractivity contribution in [1.29, 1.82) is 0 Å². The van der Waals surface area contributed by atoms with Gasteiger partial charge >= 0.3 is 5.97 Å². The van der Waals surface area contributed by atoms with Gasteiger partial charge in [-0.2, -0.15) is 0 Å². The van der Waals surface area contributed by atoms with Crippen molar-refractivity contribution < 1.29 is 13.9 Å². The molecular formula is C16H9FINO2. The van der Waals surface area contributed by atoms with Crippen molar-refractivity contribution in [2.24, 2.45) is 4.99 Å². The third kappa shape index (κ3) is 3.02. The molecule has 0 bridgehead atoms. The zero-order valence-corrected chi connectivity index (χ0v) is 12.9. The fraction of sp³-hybridized carbons (Fsp3) is 0. The van der Waals surface area contributed by atoms with Crippen molar-refractivity contribution in [1.82, 2.24) is 0 Å². The van der Waals surface area contributed by atoms with Gasteiger partial charge in [0.2, 0.25) is 5.90 Å². The summed E-state index contributed by atoms with van der Waals surface area (Å²) >= 11 is 2.18. The second-order valence-electron chi connectivity index (χ2n) is 4.37. The molecule has 5 heteroatoms. The number of hydrogen-bond donors (Lipinski definition) is 0. The summed E-state index contributed by atoms with van der Waals surface area (Å²) in [5, 5.41) is 0. The number of halogens is 2. The molecule has 0 saturated carbocycles. The average molecular weight is 393 g/mol. The van der Waals surface area contributed by atoms with Crippen LogP contribution < -0.4 is 0 Å². The number of esters is 1. The van der Waals surface area contributed by atoms with Crippen LogP contribution in [0.4, 0.5) is 4.39 Å². The van der Waals surface area contributed by atoms with E-state index in [2.05, 4.69) is 27.6 Å². The lowest BCUT2D eigenvalue weighted by molar-refractivity contribution is -0.129. The van der Waals surface area contributed by atoms with Crippen LogP contribution in [0, 0.1) is 9.39 Å². The number of benzene rings is 2. The number of aliphatic imine (C=N–C) groups is 1. The molecule has 0 spiro atoms. The van der Waals surface area contributed by atoms with Gasteiger partial charge in [0.1, 0.15) is 5.82 Å². The van der Waals surface area contributed by atoms with Crippen LogP contribution in [0.3, 0.4) is 0 Å². The molecule has 0 radical (unpaired) electrons. The maximum absolute atomic E-state index is 13.7. The van der Waals surface area contributed by atoms with E-state index >= 15 is 0 Å². The molecular weight excluding hydrogens is 384 g/mol. The standard InChI is InChI=1S/C16H9FINO2/c17-13-7-2-1-6-12(13)15-19-14(16(20)21-15)9-10-4-3-5-11(18)8-10/h1-9H/b14-9+. The molecule has 21 heavy (non-hydrogen) atoms. The molecule has 0 amide bonds. The maximum atomic E-state index is 13.7. The predicted octanol–water partition coefficient (Wildman–Crippen LogP) is 3.77. The predicted molar refractivity (Wildman–Crippen MR) is 86.2 cm³/mol. The first-order valence-corrected chi connectivity index (χ1v) is 7.24. The van der Waals surface area contributed by atoms with E-state index in [4.69, 9.17) is 4.74 Å². The topological polar surface area (TPSA) is 38.7 Å². The molecule has 2 aromatic rings. The summed E-state index contributed by atoms with van der Waals surface area (Å²) in [6, 6.07) is 13.7. The van der Waals surface area contributed by atoms with E-state index in [1.807, 2.05) is 24.3 Å². The first-order chi connectivity index (χ1) is 10.1. The largest absolute Gasteiger partial charge is 0.402 e. The normalized spacial score (nSPS) is 16.0. The zero-order valence-electron chi connectivity index (χ0n) is 10.7. The summed E-state index contributed by atoms with van der Waals surface area (Å²) < 4.78 is 19.8. The smallest absolute Gasteiger partial charge is 0.363 e. The number of cyclic esters (lactones) is 1. The van der Waals surface area contributed by atoms with E-state index in [1.54, 1.807) is 18.2 Å². The van der Waals surface area contributed by atoms with Gasteiger partial charge < -0.3 is 4.74 Å². The summed E-state index contributed by atoms with van der Waals surface area (Å²) in [5.74, 6) is -1.05. The highest BCUT2D eigenvalue weighted by Crippen LogP contribution is 2.21. The first-order valence-electron chi connectivity index (χ1n) is 6.16. The summed E-state index contributed by atoms with van der Waals surface area (Å²) in [6.07, 6.45) is 1.62. The summed E-state index contributed by atoms with van der Waals surface area (Å²) in [4.78, 5) is 15.9. The van der Waals surface area contributed by atoms with Crippen molar-refractivity contribution in [2.75, 3.05) is 0 Å². The van der Waals surface area contributed by atoms with Gasteiger partial charge in [-0.25, -0.2) is 14.2 Å². The molecule has 3 nitrogen and oxygen atoms in total. The van der Waals surface area contributed by atoms with Crippen molar-refractivity contribution >= 4 is 40.5 Å². The minimum atomic E-state index is -0.577. The van der Waals surface area contributed by atoms with E-state index in [0.717, 1.165) is 9.13 Å². The highest BCUT2D eigenvalue weighted by molar-refractivity contribution is 14.1. The molecule has 0 fully saturated rings. The summed E-state index contributed by atoms with van der Waals surface area (Å²) in [6.45, 7) is 0. The van der Waals surface area contributed by atoms with Crippen LogP contribution in [-0.4, -0.2) is 11.9 Å². The van der Waals surface area contributed by atoms with Gasteiger partial charge in [-0.1, -0.05) is 24.3 Å². The Labute approximate surface area is 134 Å². The van der Waals surface area contributed by atoms with Gasteiger partial charge in [0, 0.05) is 3.57 Å². The van der Waals surface area contributed by atoms with Crippen LogP contribution >= 0.6 is 22.6 Å². The van der Waals surface area contributed by atoms with Crippen LogP contribution in [0.15, 0.2) is 59.2 Å². The Morgan fingerprint density at radius 2 is 1.95 bits per heavy atom. The first kappa shape index (κ1) is 13.9. The lowest BCUT2D eigenvalue weighted by Crippen LogP contribution is -2.07. The minimum absolute atomic E-state index is 0.00465. The lowest BCUT2D eigenvalue weighted by Gasteiger charge is -1.99. The van der Waals surface area contributed by atoms with Gasteiger partial charge in [-0.15, -0.1) is 0 Å². The zero-order chi connectivity index (χ0) is 14.8. The molecule has 104 valence electrons. The highest BCUT2D eigenvalue weighted by Gasteiger charge is 2.25. The third-order valence-electron chi connectivity index (χ3n) is 2.88. The fourth-order valence-electron chi connectivity index (χ4n) is 1.91. The van der Waals surface area contributed by atoms with E-state index < -0.39 is 11.8 Å². The molecule has 0 atom stereocenters. The molecule has 1 aliphatic heterocycles. The molecule has 0 N–H and O–H groups in total. The Kier molecular flexibility index (Phi) is 3.83. The van der Waals surface area contributed by atoms with Crippen LogP contribution in [0.1, 0.15) is 11.1 Å². The lowest BCUT2D eigenvalue weighted by atomic mass is 10.2. The number of nitrogens with zero attached hydrogens (tertiary/aromatic N) is 1. The number of hydrogen-bond acceptors (Lipinski definition) is 3. The Bertz CT molecular complexity index is 783. The number of ether oxygens (including phenoxy) is 1. The second-order valence-corrected chi connectivity index (χ2v) is 5.62. The molecule has 0 unspecified atom stereocenters. The number of carbonyl (C=O) groups is 1. The molecule has 3 rings (SSSR count). The summed E-state index contributed by atoms with van der Waals surface area (Å²) in [5.41, 5.74) is 1.18. The van der Waals surface area contributed by atoms with Gasteiger partial charge in [-0.05, 0) is 58.5 Å². The molecule has 2 aromatic carbocycles. The Morgan fingerprint density at radius 1 is 1.14 bits per heavy atom. The Balaban J connectivity index is 1.98. The van der Waals surface area contributed by atoms with Gasteiger partial charge in [0.05, 0.1) is 5.56 Å². The van der Waals surface area contributed by atoms with E-state index in [0.29, 0.717) is 0 Å². The SMILES string of the molecule is O=C1OC(c2ccccc2F)=N/C1=C/c1cccc(I)c1. The number of rotatable bonds is 2. The minimum Gasteiger partial charge on any atom is -0.402 e. The summed E-state index contributed by atoms with van der Waals surface area (Å²) in [7, 11) is 0. The maximum Gasteiger partial charge on any atom is 0.363 e. The van der Waals surface area contributed by atoms with Gasteiger partial charge in [0.15, 0.2) is 5.70 Å². The molecule has 0 aliphatic carbocycles. The van der Waals surface area contributed by atoms with Crippen LogP contribution in [0.5, 0.6) is 0 Å². The molecule has 1 aliphatic rings. The van der Waals surface area contributed by atoms with Crippen molar-refractivity contribution in [3.05, 3.63) is 74.7 Å². The third-order valence-corrected chi connectivity index (χ3v) is 3.55. The monoisotopic (exact) mass is 393 g/mol. The van der Waals surface area contributed by atoms with Crippen LogP contribution in [-0.2, 0) is 9.53 Å². The highest BCUT2D eigenvalue weighted by atomic mass is 127. The van der Waals surface area contributed by atoms with Gasteiger partial charge in [0.25, 0.3) is 0 Å². The van der Waals surface area contributed by atoms with Crippen LogP contribution in [0.2, 0.25) is 0 Å². The molecule has 0 aromatic heterocycles.